The molecule has 0 atom stereocenters. The van der Waals surface area contributed by atoms with Gasteiger partial charge in [0.2, 0.25) is 0 Å². The van der Waals surface area contributed by atoms with Gasteiger partial charge in [-0.25, -0.2) is 0 Å². The summed E-state index contributed by atoms with van der Waals surface area (Å²) >= 11 is 0. The molecule has 0 saturated heterocycles. The number of rotatable bonds is 8. The van der Waals surface area contributed by atoms with Crippen LogP contribution in [-0.4, -0.2) is 18.0 Å². The lowest BCUT2D eigenvalue weighted by Crippen LogP contribution is -2.23. The van der Waals surface area contributed by atoms with E-state index in [4.69, 9.17) is 4.74 Å². The van der Waals surface area contributed by atoms with Gasteiger partial charge in [0.1, 0.15) is 6.61 Å². The first-order valence-electron chi connectivity index (χ1n) is 6.11. The van der Waals surface area contributed by atoms with Gasteiger partial charge in [0.15, 0.2) is 5.78 Å². The first kappa shape index (κ1) is 14.6. The Bertz CT molecular complexity index is 168. The van der Waals surface area contributed by atoms with Gasteiger partial charge < -0.3 is 4.74 Å². The van der Waals surface area contributed by atoms with Crippen molar-refractivity contribution >= 4 is 5.78 Å². The number of hydrogen-bond acceptors (Lipinski definition) is 2. The molecule has 15 heavy (non-hydrogen) atoms. The Kier molecular flexibility index (Phi) is 7.67. The molecule has 0 N–H and O–H groups in total. The van der Waals surface area contributed by atoms with Crippen molar-refractivity contribution in [1.82, 2.24) is 0 Å². The highest BCUT2D eigenvalue weighted by atomic mass is 16.5. The number of Topliss-reactive ketones (excluding diaryl/α,β-unsaturated/α-hetero) is 1. The molecule has 0 aliphatic heterocycles. The summed E-state index contributed by atoms with van der Waals surface area (Å²) in [6.45, 7) is 8.39. The highest BCUT2D eigenvalue weighted by Crippen LogP contribution is 2.09. The van der Waals surface area contributed by atoms with Crippen LogP contribution >= 0.6 is 0 Å². The lowest BCUT2D eigenvalue weighted by molar-refractivity contribution is -0.128. The maximum atomic E-state index is 11.4. The number of hydrogen-bond donors (Lipinski definition) is 0. The van der Waals surface area contributed by atoms with Gasteiger partial charge in [-0.1, -0.05) is 32.6 Å². The quantitative estimate of drug-likeness (QED) is 0.575. The van der Waals surface area contributed by atoms with Gasteiger partial charge in [0.05, 0.1) is 5.60 Å². The van der Waals surface area contributed by atoms with Crippen molar-refractivity contribution in [2.24, 2.45) is 0 Å². The second-order valence-corrected chi connectivity index (χ2v) is 5.10. The normalized spacial score (nSPS) is 11.7. The zero-order valence-corrected chi connectivity index (χ0v) is 10.8. The molecule has 0 aromatic carbocycles. The molecule has 0 amide bonds. The summed E-state index contributed by atoms with van der Waals surface area (Å²) in [6, 6.07) is 0. The van der Waals surface area contributed by atoms with Gasteiger partial charge in [-0.3, -0.25) is 4.79 Å². The Morgan fingerprint density at radius 2 is 1.67 bits per heavy atom. The maximum Gasteiger partial charge on any atom is 0.158 e. The third-order valence-corrected chi connectivity index (χ3v) is 2.23. The van der Waals surface area contributed by atoms with Crippen LogP contribution in [0.3, 0.4) is 0 Å². The van der Waals surface area contributed by atoms with Crippen LogP contribution in [0.25, 0.3) is 0 Å². The zero-order chi connectivity index (χ0) is 11.7. The van der Waals surface area contributed by atoms with E-state index in [-0.39, 0.29) is 18.0 Å². The van der Waals surface area contributed by atoms with Gasteiger partial charge in [-0.05, 0) is 27.2 Å². The number of ketones is 1. The second-order valence-electron chi connectivity index (χ2n) is 5.10. The Labute approximate surface area is 94.4 Å². The Morgan fingerprint density at radius 1 is 1.07 bits per heavy atom. The topological polar surface area (TPSA) is 26.3 Å². The van der Waals surface area contributed by atoms with Gasteiger partial charge in [0, 0.05) is 6.42 Å². The molecule has 0 heterocycles. The monoisotopic (exact) mass is 214 g/mol. The fourth-order valence-corrected chi connectivity index (χ4v) is 1.29. The summed E-state index contributed by atoms with van der Waals surface area (Å²) in [5, 5.41) is 0. The predicted molar refractivity (Wildman–Crippen MR) is 64.1 cm³/mol. The fourth-order valence-electron chi connectivity index (χ4n) is 1.29. The Balaban J connectivity index is 3.34. The van der Waals surface area contributed by atoms with E-state index in [1.807, 2.05) is 20.8 Å². The van der Waals surface area contributed by atoms with E-state index in [2.05, 4.69) is 6.92 Å². The minimum absolute atomic E-state index is 0.197. The van der Waals surface area contributed by atoms with Crippen molar-refractivity contribution in [3.8, 4) is 0 Å². The summed E-state index contributed by atoms with van der Waals surface area (Å²) in [7, 11) is 0. The summed E-state index contributed by atoms with van der Waals surface area (Å²) in [5.41, 5.74) is -0.197. The van der Waals surface area contributed by atoms with Crippen molar-refractivity contribution in [1.29, 1.82) is 0 Å². The third kappa shape index (κ3) is 11.6. The van der Waals surface area contributed by atoms with E-state index in [0.29, 0.717) is 6.42 Å². The van der Waals surface area contributed by atoms with E-state index in [1.165, 1.54) is 25.7 Å². The molecule has 0 bridgehead atoms. The van der Waals surface area contributed by atoms with Gasteiger partial charge in [0.25, 0.3) is 0 Å². The molecule has 0 radical (unpaired) electrons. The third-order valence-electron chi connectivity index (χ3n) is 2.23. The Hall–Kier alpha value is -0.370. The van der Waals surface area contributed by atoms with E-state index >= 15 is 0 Å². The number of carbonyl (C=O) groups excluding carboxylic acids is 1. The molecule has 0 aliphatic rings. The van der Waals surface area contributed by atoms with Crippen LogP contribution in [0, 0.1) is 0 Å². The average Bonchev–Trinajstić information content (AvgIpc) is 2.13. The van der Waals surface area contributed by atoms with Crippen LogP contribution in [0.4, 0.5) is 0 Å². The molecule has 0 spiro atoms. The minimum atomic E-state index is -0.197. The Morgan fingerprint density at radius 3 is 2.20 bits per heavy atom. The van der Waals surface area contributed by atoms with E-state index in [9.17, 15) is 4.79 Å². The minimum Gasteiger partial charge on any atom is -0.368 e. The second kappa shape index (κ2) is 7.86. The predicted octanol–water partition coefficient (Wildman–Crippen LogP) is 3.73. The van der Waals surface area contributed by atoms with Crippen molar-refractivity contribution in [2.75, 3.05) is 6.61 Å². The number of ether oxygens (including phenoxy) is 1. The fraction of sp³-hybridized carbons (Fsp3) is 0.923. The maximum absolute atomic E-state index is 11.4. The molecule has 0 fully saturated rings. The average molecular weight is 214 g/mol. The molecule has 2 nitrogen and oxygen atoms in total. The number of unbranched alkanes of at least 4 members (excludes halogenated alkanes) is 4. The standard InChI is InChI=1S/C13H26O2/c1-5-6-7-8-9-10-12(14)11-15-13(2,3)4/h5-11H2,1-4H3. The summed E-state index contributed by atoms with van der Waals surface area (Å²) in [4.78, 5) is 11.4. The summed E-state index contributed by atoms with van der Waals surface area (Å²) in [6.07, 6.45) is 6.67. The molecule has 0 aromatic heterocycles. The van der Waals surface area contributed by atoms with Crippen LogP contribution in [0.2, 0.25) is 0 Å². The van der Waals surface area contributed by atoms with Crippen LogP contribution in [0.1, 0.15) is 66.2 Å². The molecule has 0 saturated carbocycles. The molecule has 0 unspecified atom stereocenters. The zero-order valence-electron chi connectivity index (χ0n) is 10.8. The van der Waals surface area contributed by atoms with Crippen molar-refractivity contribution in [3.05, 3.63) is 0 Å². The van der Waals surface area contributed by atoms with Gasteiger partial charge >= 0.3 is 0 Å². The van der Waals surface area contributed by atoms with E-state index < -0.39 is 0 Å². The molecule has 0 aromatic rings. The molecule has 0 aliphatic carbocycles. The first-order chi connectivity index (χ1) is 6.95. The summed E-state index contributed by atoms with van der Waals surface area (Å²) < 4.78 is 5.42. The SMILES string of the molecule is CCCCCCCC(=O)COC(C)(C)C. The molecule has 90 valence electrons. The van der Waals surface area contributed by atoms with Gasteiger partial charge in [-0.2, -0.15) is 0 Å². The molecular weight excluding hydrogens is 188 g/mol. The highest BCUT2D eigenvalue weighted by Gasteiger charge is 2.12. The first-order valence-corrected chi connectivity index (χ1v) is 6.11. The van der Waals surface area contributed by atoms with Crippen molar-refractivity contribution in [3.63, 3.8) is 0 Å². The number of carbonyl (C=O) groups is 1. The van der Waals surface area contributed by atoms with Crippen molar-refractivity contribution < 1.29 is 9.53 Å². The van der Waals surface area contributed by atoms with Crippen LogP contribution < -0.4 is 0 Å². The van der Waals surface area contributed by atoms with E-state index in [1.54, 1.807) is 0 Å². The largest absolute Gasteiger partial charge is 0.368 e. The smallest absolute Gasteiger partial charge is 0.158 e. The van der Waals surface area contributed by atoms with Crippen LogP contribution in [0.5, 0.6) is 0 Å². The molecular formula is C13H26O2. The van der Waals surface area contributed by atoms with Crippen LogP contribution in [0.15, 0.2) is 0 Å². The molecule has 0 rings (SSSR count). The van der Waals surface area contributed by atoms with Gasteiger partial charge in [-0.15, -0.1) is 0 Å². The lowest BCUT2D eigenvalue weighted by atomic mass is 10.1. The van der Waals surface area contributed by atoms with Crippen molar-refractivity contribution in [2.45, 2.75) is 71.8 Å². The summed E-state index contributed by atoms with van der Waals surface area (Å²) in [5.74, 6) is 0.237. The highest BCUT2D eigenvalue weighted by molar-refractivity contribution is 5.79. The van der Waals surface area contributed by atoms with Crippen LogP contribution in [-0.2, 0) is 9.53 Å². The van der Waals surface area contributed by atoms with E-state index in [0.717, 1.165) is 6.42 Å². The lowest BCUT2D eigenvalue weighted by Gasteiger charge is -2.18. The molecule has 2 heteroatoms.